The predicted octanol–water partition coefficient (Wildman–Crippen LogP) is 2.71. The monoisotopic (exact) mass is 236 g/mol. The van der Waals surface area contributed by atoms with E-state index >= 15 is 0 Å². The SMILES string of the molecule is O=C1C=C(Nc2ccccc2)C2C=CC=CC2=N1. The van der Waals surface area contributed by atoms with Gasteiger partial charge in [-0.05, 0) is 18.2 Å². The van der Waals surface area contributed by atoms with Crippen molar-refractivity contribution in [1.29, 1.82) is 0 Å². The molecule has 18 heavy (non-hydrogen) atoms. The Morgan fingerprint density at radius 1 is 1.11 bits per heavy atom. The molecular weight excluding hydrogens is 224 g/mol. The van der Waals surface area contributed by atoms with Crippen molar-refractivity contribution in [3.8, 4) is 0 Å². The van der Waals surface area contributed by atoms with Crippen molar-refractivity contribution < 1.29 is 4.79 Å². The first kappa shape index (κ1) is 10.7. The lowest BCUT2D eigenvalue weighted by Gasteiger charge is -2.23. The van der Waals surface area contributed by atoms with Crippen LogP contribution in [0, 0.1) is 5.92 Å². The summed E-state index contributed by atoms with van der Waals surface area (Å²) < 4.78 is 0. The molecule has 1 aliphatic heterocycles. The summed E-state index contributed by atoms with van der Waals surface area (Å²) in [5.41, 5.74) is 2.64. The third-order valence-electron chi connectivity index (χ3n) is 2.92. The molecule has 0 bridgehead atoms. The number of carbonyl (C=O) groups excluding carboxylic acids is 1. The molecule has 1 unspecified atom stereocenters. The number of para-hydroxylation sites is 1. The number of hydrogen-bond acceptors (Lipinski definition) is 2. The molecule has 3 rings (SSSR count). The minimum Gasteiger partial charge on any atom is -0.358 e. The van der Waals surface area contributed by atoms with Crippen LogP contribution in [0.1, 0.15) is 0 Å². The number of nitrogens with zero attached hydrogens (tertiary/aromatic N) is 1. The first-order valence-corrected chi connectivity index (χ1v) is 5.84. The number of carbonyl (C=O) groups is 1. The Morgan fingerprint density at radius 2 is 1.94 bits per heavy atom. The number of amides is 1. The van der Waals surface area contributed by atoms with Gasteiger partial charge in [0, 0.05) is 17.5 Å². The van der Waals surface area contributed by atoms with E-state index in [-0.39, 0.29) is 11.8 Å². The standard InChI is InChI=1S/C15H12N2O/c18-15-10-14(16-11-6-2-1-3-7-11)12-8-4-5-9-13(12)17-15/h1-10,12,16H. The number of aliphatic imine (C=N–C) groups is 1. The van der Waals surface area contributed by atoms with Gasteiger partial charge in [0.05, 0.1) is 11.6 Å². The topological polar surface area (TPSA) is 41.5 Å². The maximum atomic E-state index is 11.6. The molecule has 0 radical (unpaired) electrons. The molecule has 0 fully saturated rings. The van der Waals surface area contributed by atoms with Gasteiger partial charge < -0.3 is 5.32 Å². The van der Waals surface area contributed by atoms with Gasteiger partial charge in [-0.1, -0.05) is 36.4 Å². The molecule has 3 heteroatoms. The van der Waals surface area contributed by atoms with Gasteiger partial charge in [0.15, 0.2) is 0 Å². The molecule has 1 N–H and O–H groups in total. The zero-order chi connectivity index (χ0) is 12.4. The number of rotatable bonds is 2. The second kappa shape index (κ2) is 4.45. The van der Waals surface area contributed by atoms with E-state index in [0.717, 1.165) is 17.1 Å². The number of anilines is 1. The highest BCUT2D eigenvalue weighted by Crippen LogP contribution is 2.24. The second-order valence-corrected chi connectivity index (χ2v) is 4.19. The van der Waals surface area contributed by atoms with Gasteiger partial charge in [-0.15, -0.1) is 0 Å². The van der Waals surface area contributed by atoms with Gasteiger partial charge in [0.2, 0.25) is 0 Å². The van der Waals surface area contributed by atoms with Crippen molar-refractivity contribution in [2.24, 2.45) is 10.9 Å². The summed E-state index contributed by atoms with van der Waals surface area (Å²) in [4.78, 5) is 15.6. The van der Waals surface area contributed by atoms with E-state index in [4.69, 9.17) is 0 Å². The van der Waals surface area contributed by atoms with Crippen LogP contribution in [0.25, 0.3) is 0 Å². The Labute approximate surface area is 105 Å². The molecule has 1 aromatic rings. The Bertz CT molecular complexity index is 594. The molecule has 88 valence electrons. The molecule has 1 amide bonds. The summed E-state index contributed by atoms with van der Waals surface area (Å²) in [5, 5.41) is 3.28. The summed E-state index contributed by atoms with van der Waals surface area (Å²) in [6.45, 7) is 0. The first-order valence-electron chi connectivity index (χ1n) is 5.84. The molecule has 0 saturated carbocycles. The maximum absolute atomic E-state index is 11.6. The second-order valence-electron chi connectivity index (χ2n) is 4.19. The lowest BCUT2D eigenvalue weighted by atomic mass is 9.92. The van der Waals surface area contributed by atoms with Crippen molar-refractivity contribution in [1.82, 2.24) is 0 Å². The number of allylic oxidation sites excluding steroid dienone is 4. The van der Waals surface area contributed by atoms with E-state index in [1.165, 1.54) is 0 Å². The molecule has 1 aliphatic carbocycles. The average molecular weight is 236 g/mol. The van der Waals surface area contributed by atoms with Crippen LogP contribution in [0.2, 0.25) is 0 Å². The van der Waals surface area contributed by atoms with Gasteiger partial charge in [-0.2, -0.15) is 0 Å². The van der Waals surface area contributed by atoms with Crippen LogP contribution in [0.15, 0.2) is 71.4 Å². The minimum absolute atomic E-state index is 0.0490. The summed E-state index contributed by atoms with van der Waals surface area (Å²) in [6.07, 6.45) is 9.34. The van der Waals surface area contributed by atoms with E-state index in [2.05, 4.69) is 10.3 Å². The van der Waals surface area contributed by atoms with E-state index < -0.39 is 0 Å². The van der Waals surface area contributed by atoms with Crippen molar-refractivity contribution in [2.75, 3.05) is 5.32 Å². The molecule has 0 aromatic heterocycles. The zero-order valence-corrected chi connectivity index (χ0v) is 9.71. The zero-order valence-electron chi connectivity index (χ0n) is 9.71. The molecule has 1 aromatic carbocycles. The quantitative estimate of drug-likeness (QED) is 0.857. The Hall–Kier alpha value is -2.42. The van der Waals surface area contributed by atoms with Gasteiger partial charge >= 0.3 is 0 Å². The third kappa shape index (κ3) is 2.02. The number of dihydropyridines is 1. The lowest BCUT2D eigenvalue weighted by molar-refractivity contribution is -0.113. The molecule has 0 saturated heterocycles. The summed E-state index contributed by atoms with van der Waals surface area (Å²) in [5.74, 6) is -0.160. The Kier molecular flexibility index (Phi) is 2.65. The Morgan fingerprint density at radius 3 is 2.78 bits per heavy atom. The summed E-state index contributed by atoms with van der Waals surface area (Å²) >= 11 is 0. The van der Waals surface area contributed by atoms with Crippen molar-refractivity contribution in [3.05, 3.63) is 66.4 Å². The number of hydrogen-bond donors (Lipinski definition) is 1. The number of fused-ring (bicyclic) bond motifs is 1. The molecule has 1 atom stereocenters. The minimum atomic E-state index is -0.209. The fourth-order valence-electron chi connectivity index (χ4n) is 2.09. The molecule has 3 nitrogen and oxygen atoms in total. The van der Waals surface area contributed by atoms with Crippen LogP contribution in [0.5, 0.6) is 0 Å². The van der Waals surface area contributed by atoms with E-state index in [1.54, 1.807) is 6.08 Å². The average Bonchev–Trinajstić information content (AvgIpc) is 2.40. The Balaban J connectivity index is 1.90. The third-order valence-corrected chi connectivity index (χ3v) is 2.92. The normalized spacial score (nSPS) is 21.1. The highest BCUT2D eigenvalue weighted by Gasteiger charge is 2.23. The van der Waals surface area contributed by atoms with Gasteiger partial charge in [-0.3, -0.25) is 4.79 Å². The van der Waals surface area contributed by atoms with Crippen LogP contribution in [-0.2, 0) is 4.79 Å². The maximum Gasteiger partial charge on any atom is 0.271 e. The number of nitrogens with one attached hydrogen (secondary N) is 1. The highest BCUT2D eigenvalue weighted by atomic mass is 16.1. The molecule has 2 aliphatic rings. The molecular formula is C15H12N2O. The van der Waals surface area contributed by atoms with Crippen LogP contribution in [0.3, 0.4) is 0 Å². The molecule has 0 spiro atoms. The van der Waals surface area contributed by atoms with E-state index in [1.807, 2.05) is 54.6 Å². The predicted molar refractivity (Wildman–Crippen MR) is 72.4 cm³/mol. The van der Waals surface area contributed by atoms with Crippen molar-refractivity contribution >= 4 is 17.3 Å². The lowest BCUT2D eigenvalue weighted by Crippen LogP contribution is -2.25. The van der Waals surface area contributed by atoms with Gasteiger partial charge in [0.25, 0.3) is 5.91 Å². The fraction of sp³-hybridized carbons (Fsp3) is 0.0667. The summed E-state index contributed by atoms with van der Waals surface area (Å²) in [7, 11) is 0. The van der Waals surface area contributed by atoms with Crippen molar-refractivity contribution in [3.63, 3.8) is 0 Å². The van der Waals surface area contributed by atoms with Gasteiger partial charge in [-0.25, -0.2) is 4.99 Å². The van der Waals surface area contributed by atoms with E-state index in [9.17, 15) is 4.79 Å². The van der Waals surface area contributed by atoms with Crippen LogP contribution >= 0.6 is 0 Å². The fourth-order valence-corrected chi connectivity index (χ4v) is 2.09. The van der Waals surface area contributed by atoms with E-state index in [0.29, 0.717) is 0 Å². The molecule has 1 heterocycles. The number of benzene rings is 1. The smallest absolute Gasteiger partial charge is 0.271 e. The van der Waals surface area contributed by atoms with Crippen LogP contribution < -0.4 is 5.32 Å². The summed E-state index contributed by atoms with van der Waals surface area (Å²) in [6, 6.07) is 9.82. The largest absolute Gasteiger partial charge is 0.358 e. The van der Waals surface area contributed by atoms with Crippen LogP contribution in [-0.4, -0.2) is 11.6 Å². The van der Waals surface area contributed by atoms with Crippen LogP contribution in [0.4, 0.5) is 5.69 Å². The first-order chi connectivity index (χ1) is 8.83. The van der Waals surface area contributed by atoms with Crippen molar-refractivity contribution in [2.45, 2.75) is 0 Å². The highest BCUT2D eigenvalue weighted by molar-refractivity contribution is 6.12. The van der Waals surface area contributed by atoms with Gasteiger partial charge in [0.1, 0.15) is 0 Å².